The maximum Gasteiger partial charge on any atom is 0.254 e. The lowest BCUT2D eigenvalue weighted by Gasteiger charge is -2.34. The quantitative estimate of drug-likeness (QED) is 0.0566. The van der Waals surface area contributed by atoms with Crippen LogP contribution in [-0.2, 0) is 38.4 Å². The van der Waals surface area contributed by atoms with E-state index in [4.69, 9.17) is 0 Å². The van der Waals surface area contributed by atoms with E-state index in [1.165, 1.54) is 27.7 Å². The Kier molecular flexibility index (Phi) is 25.3. The molecular formula is C56H95N10O9P. The Bertz CT molecular complexity index is 2160. The van der Waals surface area contributed by atoms with Crippen molar-refractivity contribution in [3.8, 4) is 0 Å². The minimum Gasteiger partial charge on any atom is -0.353 e. The summed E-state index contributed by atoms with van der Waals surface area (Å²) in [5, 5.41) is 23.5. The van der Waals surface area contributed by atoms with Gasteiger partial charge in [-0.2, -0.15) is 0 Å². The lowest BCUT2D eigenvalue weighted by Crippen LogP contribution is -2.65. The van der Waals surface area contributed by atoms with E-state index in [-0.39, 0.29) is 42.9 Å². The van der Waals surface area contributed by atoms with E-state index in [1.54, 1.807) is 30.9 Å². The largest absolute Gasteiger partial charge is 0.353 e. The van der Waals surface area contributed by atoms with Gasteiger partial charge in [0.15, 0.2) is 0 Å². The van der Waals surface area contributed by atoms with E-state index in [9.17, 15) is 43.2 Å². The van der Waals surface area contributed by atoms with Crippen molar-refractivity contribution in [1.82, 2.24) is 52.3 Å². The zero-order chi connectivity index (χ0) is 57.3. The molecular weight excluding hydrogens is 988 g/mol. The van der Waals surface area contributed by atoms with E-state index in [1.807, 2.05) is 72.7 Å². The predicted molar refractivity (Wildman–Crippen MR) is 300 cm³/mol. The van der Waals surface area contributed by atoms with Crippen LogP contribution in [-0.4, -0.2) is 144 Å². The van der Waals surface area contributed by atoms with Gasteiger partial charge in [0.2, 0.25) is 47.3 Å². The van der Waals surface area contributed by atoms with Crippen molar-refractivity contribution in [2.75, 3.05) is 33.7 Å². The van der Waals surface area contributed by atoms with Crippen molar-refractivity contribution >= 4 is 67.7 Å². The molecule has 8 N–H and O–H groups in total. The number of likely N-dealkylation sites (tertiary alicyclic amines) is 1. The fourth-order valence-corrected chi connectivity index (χ4v) is 9.69. The summed E-state index contributed by atoms with van der Waals surface area (Å²) in [5.41, 5.74) is -3.96. The number of hydrogen-bond donors (Lipinski definition) is 8. The van der Waals surface area contributed by atoms with Gasteiger partial charge >= 0.3 is 0 Å². The van der Waals surface area contributed by atoms with Crippen LogP contribution in [0.4, 0.5) is 0 Å². The fraction of sp³-hybridized carbons (Fsp3) is 0.732. The maximum atomic E-state index is 14.4. The average Bonchev–Trinajstić information content (AvgIpc) is 3.82. The maximum absolute atomic E-state index is 14.4. The van der Waals surface area contributed by atoms with E-state index in [0.29, 0.717) is 56.8 Å². The first kappa shape index (κ1) is 65.1. The van der Waals surface area contributed by atoms with Crippen LogP contribution in [0.25, 0.3) is 0 Å². The summed E-state index contributed by atoms with van der Waals surface area (Å²) in [7, 11) is 6.34. The van der Waals surface area contributed by atoms with Gasteiger partial charge in [-0.3, -0.25) is 43.2 Å². The molecule has 20 heteroatoms. The third kappa shape index (κ3) is 21.0. The summed E-state index contributed by atoms with van der Waals surface area (Å²) < 4.78 is 0. The number of benzene rings is 1. The van der Waals surface area contributed by atoms with Crippen molar-refractivity contribution < 1.29 is 43.2 Å². The second kappa shape index (κ2) is 29.5. The molecule has 1 aliphatic carbocycles. The van der Waals surface area contributed by atoms with Crippen LogP contribution in [0.1, 0.15) is 170 Å². The molecule has 1 aliphatic heterocycles. The highest BCUT2D eigenvalue weighted by Gasteiger charge is 2.41. The van der Waals surface area contributed by atoms with Crippen molar-refractivity contribution in [1.29, 1.82) is 0 Å². The number of hydrogen-bond acceptors (Lipinski definition) is 10. The molecule has 0 aromatic heterocycles. The normalized spacial score (nSPS) is 17.1. The van der Waals surface area contributed by atoms with Crippen molar-refractivity contribution in [3.63, 3.8) is 0 Å². The van der Waals surface area contributed by atoms with Crippen LogP contribution in [0, 0.1) is 23.7 Å². The predicted octanol–water partition coefficient (Wildman–Crippen LogP) is 3.59. The molecule has 19 nitrogen and oxygen atoms in total. The first-order valence-corrected chi connectivity index (χ1v) is 28.2. The van der Waals surface area contributed by atoms with Crippen molar-refractivity contribution in [2.45, 2.75) is 207 Å². The summed E-state index contributed by atoms with van der Waals surface area (Å²) in [6.45, 7) is 21.8. The number of carbonyl (C=O) groups is 9. The molecule has 3 rings (SSSR count). The first-order valence-electron chi connectivity index (χ1n) is 27.6. The van der Waals surface area contributed by atoms with Crippen molar-refractivity contribution in [3.05, 3.63) is 29.8 Å². The highest BCUT2D eigenvalue weighted by atomic mass is 31.0. The Labute approximate surface area is 455 Å². The molecule has 1 saturated carbocycles. The Morgan fingerprint density at radius 2 is 1.05 bits per heavy atom. The van der Waals surface area contributed by atoms with Crippen LogP contribution in [0.5, 0.6) is 0 Å². The molecule has 9 amide bonds. The molecule has 0 bridgehead atoms. The molecule has 1 heterocycles. The van der Waals surface area contributed by atoms with Gasteiger partial charge in [0, 0.05) is 25.2 Å². The molecule has 0 spiro atoms. The number of likely N-dealkylation sites (N-methyl/N-ethyl adjacent to an activating group) is 1. The van der Waals surface area contributed by atoms with E-state index >= 15 is 0 Å². The smallest absolute Gasteiger partial charge is 0.254 e. The van der Waals surface area contributed by atoms with Crippen LogP contribution >= 0.6 is 9.24 Å². The van der Waals surface area contributed by atoms with Crippen LogP contribution < -0.4 is 47.8 Å². The molecule has 1 saturated heterocycles. The van der Waals surface area contributed by atoms with Gasteiger partial charge in [-0.05, 0) is 142 Å². The SMILES string of the molecule is CC(C)C[C@H](NC(=O)[C@H](CCC1CCCCC1)NC(=O)[C@@H]1CCCN1C(=O)c1ccc(P)cc1)C(=O)NC(C)(C)C(=O)N[C@@H](CC(C)C)C(=O)N[C@@H](CC(C)C)C(=O)NC(C)(C)C(=O)NC(C)(C)C(=O)NCCN(C)C. The van der Waals surface area contributed by atoms with Gasteiger partial charge in [-0.15, -0.1) is 9.24 Å². The zero-order valence-electron chi connectivity index (χ0n) is 48.3. The molecule has 76 heavy (non-hydrogen) atoms. The van der Waals surface area contributed by atoms with Gasteiger partial charge in [0.25, 0.3) is 5.91 Å². The molecule has 1 aromatic carbocycles. The lowest BCUT2D eigenvalue weighted by molar-refractivity contribution is -0.139. The number of carbonyl (C=O) groups excluding carboxylic acids is 9. The number of rotatable bonds is 28. The van der Waals surface area contributed by atoms with Gasteiger partial charge in [-0.25, -0.2) is 0 Å². The highest BCUT2D eigenvalue weighted by molar-refractivity contribution is 7.27. The molecule has 2 aliphatic rings. The molecule has 0 radical (unpaired) electrons. The Balaban J connectivity index is 1.78. The zero-order valence-corrected chi connectivity index (χ0v) is 49.4. The highest BCUT2D eigenvalue weighted by Crippen LogP contribution is 2.28. The molecule has 1 unspecified atom stereocenters. The summed E-state index contributed by atoms with van der Waals surface area (Å²) in [6.07, 6.45) is 8.11. The van der Waals surface area contributed by atoms with Gasteiger partial charge in [0.1, 0.15) is 46.8 Å². The minimum absolute atomic E-state index is 0.0758. The monoisotopic (exact) mass is 1080 g/mol. The Morgan fingerprint density at radius 1 is 0.579 bits per heavy atom. The summed E-state index contributed by atoms with van der Waals surface area (Å²) in [6, 6.07) is 1.96. The second-order valence-electron chi connectivity index (χ2n) is 24.3. The van der Waals surface area contributed by atoms with E-state index in [2.05, 4.69) is 51.8 Å². The molecule has 2 fully saturated rings. The van der Waals surface area contributed by atoms with E-state index < -0.39 is 94.1 Å². The third-order valence-electron chi connectivity index (χ3n) is 14.0. The number of amides is 9. The fourth-order valence-electron chi connectivity index (χ4n) is 9.50. The van der Waals surface area contributed by atoms with Crippen LogP contribution in [0.3, 0.4) is 0 Å². The van der Waals surface area contributed by atoms with Crippen LogP contribution in [0.2, 0.25) is 0 Å². The number of nitrogens with one attached hydrogen (secondary N) is 8. The third-order valence-corrected chi connectivity index (χ3v) is 14.4. The first-order chi connectivity index (χ1) is 35.3. The summed E-state index contributed by atoms with van der Waals surface area (Å²) in [5.74, 6) is -4.72. The molecule has 428 valence electrons. The minimum atomic E-state index is -1.61. The standard InChI is InChI=1S/C56H95N10O9P/c1-34(2)31-41(46(68)60-43(33-36(5)6)48(70)63-56(11,12)53(75)64-54(7,8)51(73)57-28-30-65(13)14)61-52(74)55(9,10)62-47(69)42(32-35(3)4)59-45(67)40(27-22-37-19-16-15-17-20-37)58-49(71)44-21-18-29-66(44)50(72)38-23-25-39(76)26-24-38/h23-26,34-37,40-44H,15-22,27-33,76H2,1-14H3,(H,57,73)(H,58,71)(H,59,67)(H,60,68)(H,61,74)(H,62,69)(H,63,70)(H,64,75)/t40-,41-,42-,43-,44-/m0/s1. The van der Waals surface area contributed by atoms with Gasteiger partial charge in [0.05, 0.1) is 0 Å². The average molecular weight is 1080 g/mol. The lowest BCUT2D eigenvalue weighted by atomic mass is 9.85. The second-order valence-corrected chi connectivity index (χ2v) is 25.0. The van der Waals surface area contributed by atoms with Gasteiger partial charge < -0.3 is 52.3 Å². The molecule has 6 atom stereocenters. The summed E-state index contributed by atoms with van der Waals surface area (Å²) >= 11 is 0. The van der Waals surface area contributed by atoms with E-state index in [0.717, 1.165) is 37.4 Å². The van der Waals surface area contributed by atoms with Crippen molar-refractivity contribution in [2.24, 2.45) is 23.7 Å². The Morgan fingerprint density at radius 3 is 1.55 bits per heavy atom. The van der Waals surface area contributed by atoms with Gasteiger partial charge in [-0.1, -0.05) is 85.8 Å². The molecule has 1 aromatic rings. The topological polar surface area (TPSA) is 256 Å². The van der Waals surface area contributed by atoms with Crippen LogP contribution in [0.15, 0.2) is 24.3 Å². The number of nitrogens with zero attached hydrogens (tertiary/aromatic N) is 2. The Hall–Kier alpha value is -5.16. The summed E-state index contributed by atoms with van der Waals surface area (Å²) in [4.78, 5) is 129.